The highest BCUT2D eigenvalue weighted by Crippen LogP contribution is 2.34. The maximum absolute atomic E-state index is 12.5. The summed E-state index contributed by atoms with van der Waals surface area (Å²) in [5.74, 6) is 1.71. The first-order chi connectivity index (χ1) is 11.0. The quantitative estimate of drug-likeness (QED) is 0.782. The summed E-state index contributed by atoms with van der Waals surface area (Å²) in [4.78, 5) is 0.116. The lowest BCUT2D eigenvalue weighted by Gasteiger charge is -2.09. The minimum absolute atomic E-state index is 0.116. The van der Waals surface area contributed by atoms with Crippen LogP contribution < -0.4 is 14.2 Å². The molecule has 1 aliphatic rings. The number of ether oxygens (including phenoxy) is 2. The standard InChI is InChI=1S/C14H12N4O4S/c1-9-15-16-14-5-3-11(7-18(9)14)23(19,20)17-10-2-4-12-13(6-10)22-8-21-12/h2-7,17H,8H2,1H3. The van der Waals surface area contributed by atoms with E-state index in [0.29, 0.717) is 28.7 Å². The van der Waals surface area contributed by atoms with Crippen molar-refractivity contribution in [3.63, 3.8) is 0 Å². The predicted octanol–water partition coefficient (Wildman–Crippen LogP) is 1.57. The van der Waals surface area contributed by atoms with E-state index in [-0.39, 0.29) is 11.7 Å². The van der Waals surface area contributed by atoms with Crippen molar-refractivity contribution in [2.75, 3.05) is 11.5 Å². The number of hydrogen-bond donors (Lipinski definition) is 1. The van der Waals surface area contributed by atoms with Crippen LogP contribution in [0.2, 0.25) is 0 Å². The average molecular weight is 332 g/mol. The van der Waals surface area contributed by atoms with Crippen LogP contribution in [0.1, 0.15) is 5.82 Å². The number of sulfonamides is 1. The maximum Gasteiger partial charge on any atom is 0.263 e. The van der Waals surface area contributed by atoms with Crippen LogP contribution in [-0.2, 0) is 10.0 Å². The van der Waals surface area contributed by atoms with Gasteiger partial charge in [0.05, 0.1) is 5.69 Å². The van der Waals surface area contributed by atoms with Gasteiger partial charge in [-0.1, -0.05) is 0 Å². The van der Waals surface area contributed by atoms with Gasteiger partial charge in [0, 0.05) is 12.3 Å². The molecule has 0 aliphatic carbocycles. The zero-order valence-electron chi connectivity index (χ0n) is 12.1. The minimum Gasteiger partial charge on any atom is -0.454 e. The molecule has 0 radical (unpaired) electrons. The van der Waals surface area contributed by atoms with E-state index in [1.54, 1.807) is 35.6 Å². The molecule has 2 aromatic heterocycles. The SMILES string of the molecule is Cc1nnc2ccc(S(=O)(=O)Nc3ccc4c(c3)OCO4)cn12. The van der Waals surface area contributed by atoms with Crippen LogP contribution in [0.3, 0.4) is 0 Å². The van der Waals surface area contributed by atoms with Crippen molar-refractivity contribution < 1.29 is 17.9 Å². The second-order valence-corrected chi connectivity index (χ2v) is 6.70. The summed E-state index contributed by atoms with van der Waals surface area (Å²) < 4.78 is 39.7. The Morgan fingerprint density at radius 2 is 1.96 bits per heavy atom. The van der Waals surface area contributed by atoms with Gasteiger partial charge < -0.3 is 9.47 Å². The van der Waals surface area contributed by atoms with Crippen LogP contribution >= 0.6 is 0 Å². The van der Waals surface area contributed by atoms with Gasteiger partial charge in [0.25, 0.3) is 10.0 Å². The number of nitrogens with one attached hydrogen (secondary N) is 1. The molecule has 0 spiro atoms. The van der Waals surface area contributed by atoms with Crippen LogP contribution in [-0.4, -0.2) is 29.8 Å². The molecule has 0 fully saturated rings. The molecule has 1 aliphatic heterocycles. The molecule has 0 atom stereocenters. The van der Waals surface area contributed by atoms with Crippen molar-refractivity contribution in [2.24, 2.45) is 0 Å². The fourth-order valence-corrected chi connectivity index (χ4v) is 3.37. The van der Waals surface area contributed by atoms with Crippen molar-refractivity contribution in [3.8, 4) is 11.5 Å². The van der Waals surface area contributed by atoms with Crippen molar-refractivity contribution in [3.05, 3.63) is 42.4 Å². The summed E-state index contributed by atoms with van der Waals surface area (Å²) in [5, 5.41) is 7.84. The molecular weight excluding hydrogens is 320 g/mol. The molecule has 9 heteroatoms. The van der Waals surface area contributed by atoms with Crippen molar-refractivity contribution in [1.29, 1.82) is 0 Å². The summed E-state index contributed by atoms with van der Waals surface area (Å²) in [7, 11) is -3.74. The Balaban J connectivity index is 1.70. The number of aryl methyl sites for hydroxylation is 1. The van der Waals surface area contributed by atoms with E-state index in [2.05, 4.69) is 14.9 Å². The zero-order chi connectivity index (χ0) is 16.0. The fraction of sp³-hybridized carbons (Fsp3) is 0.143. The molecule has 1 N–H and O–H groups in total. The second kappa shape index (κ2) is 4.85. The number of pyridine rings is 1. The molecule has 23 heavy (non-hydrogen) atoms. The molecule has 0 saturated heterocycles. The summed E-state index contributed by atoms with van der Waals surface area (Å²) >= 11 is 0. The first-order valence-corrected chi connectivity index (χ1v) is 8.25. The largest absolute Gasteiger partial charge is 0.454 e. The highest BCUT2D eigenvalue weighted by Gasteiger charge is 2.19. The number of hydrogen-bond acceptors (Lipinski definition) is 6. The van der Waals surface area contributed by atoms with Crippen molar-refractivity contribution in [2.45, 2.75) is 11.8 Å². The number of benzene rings is 1. The Morgan fingerprint density at radius 3 is 2.83 bits per heavy atom. The summed E-state index contributed by atoms with van der Waals surface area (Å²) in [6.07, 6.45) is 1.49. The van der Waals surface area contributed by atoms with E-state index in [1.165, 1.54) is 12.3 Å². The van der Waals surface area contributed by atoms with Crippen molar-refractivity contribution >= 4 is 21.4 Å². The lowest BCUT2D eigenvalue weighted by molar-refractivity contribution is 0.174. The molecule has 3 heterocycles. The van der Waals surface area contributed by atoms with Gasteiger partial charge in [0.15, 0.2) is 17.1 Å². The number of rotatable bonds is 3. The maximum atomic E-state index is 12.5. The molecule has 8 nitrogen and oxygen atoms in total. The number of fused-ring (bicyclic) bond motifs is 2. The Labute approximate surface area is 131 Å². The monoisotopic (exact) mass is 332 g/mol. The average Bonchev–Trinajstić information content (AvgIpc) is 3.13. The summed E-state index contributed by atoms with van der Waals surface area (Å²) in [5.41, 5.74) is 0.986. The number of nitrogens with zero attached hydrogens (tertiary/aromatic N) is 3. The zero-order valence-corrected chi connectivity index (χ0v) is 12.9. The van der Waals surface area contributed by atoms with Gasteiger partial charge in [0.1, 0.15) is 10.7 Å². The molecule has 4 rings (SSSR count). The van der Waals surface area contributed by atoms with Crippen LogP contribution in [0, 0.1) is 6.92 Å². The Kier molecular flexibility index (Phi) is 2.91. The fourth-order valence-electron chi connectivity index (χ4n) is 2.32. The van der Waals surface area contributed by atoms with E-state index in [9.17, 15) is 8.42 Å². The molecule has 0 unspecified atom stereocenters. The predicted molar refractivity (Wildman–Crippen MR) is 81.1 cm³/mol. The molecule has 1 aromatic carbocycles. The Morgan fingerprint density at radius 1 is 1.13 bits per heavy atom. The van der Waals surface area contributed by atoms with Gasteiger partial charge in [-0.25, -0.2) is 8.42 Å². The molecule has 0 bridgehead atoms. The van der Waals surface area contributed by atoms with Gasteiger partial charge in [-0.15, -0.1) is 10.2 Å². The number of anilines is 1. The Bertz CT molecular complexity index is 1010. The summed E-state index contributed by atoms with van der Waals surface area (Å²) in [6.45, 7) is 1.89. The summed E-state index contributed by atoms with van der Waals surface area (Å²) in [6, 6.07) is 7.95. The lowest BCUT2D eigenvalue weighted by Crippen LogP contribution is -2.13. The lowest BCUT2D eigenvalue weighted by atomic mass is 10.3. The Hall–Kier alpha value is -2.81. The molecule has 118 valence electrons. The van der Waals surface area contributed by atoms with Crippen LogP contribution in [0.15, 0.2) is 41.4 Å². The van der Waals surface area contributed by atoms with Gasteiger partial charge in [-0.05, 0) is 31.2 Å². The minimum atomic E-state index is -3.74. The molecular formula is C14H12N4O4S. The topological polar surface area (TPSA) is 94.8 Å². The van der Waals surface area contributed by atoms with Crippen molar-refractivity contribution in [1.82, 2.24) is 14.6 Å². The van der Waals surface area contributed by atoms with Gasteiger partial charge in [-0.3, -0.25) is 9.12 Å². The third kappa shape index (κ3) is 2.34. The third-order valence-electron chi connectivity index (χ3n) is 3.48. The number of aromatic nitrogens is 3. The van der Waals surface area contributed by atoms with E-state index >= 15 is 0 Å². The molecule has 3 aromatic rings. The second-order valence-electron chi connectivity index (χ2n) is 5.01. The van der Waals surface area contributed by atoms with Crippen LogP contribution in [0.4, 0.5) is 5.69 Å². The molecule has 0 saturated carbocycles. The smallest absolute Gasteiger partial charge is 0.263 e. The highest BCUT2D eigenvalue weighted by molar-refractivity contribution is 7.92. The van der Waals surface area contributed by atoms with Crippen LogP contribution in [0.5, 0.6) is 11.5 Å². The van der Waals surface area contributed by atoms with Gasteiger partial charge in [0.2, 0.25) is 6.79 Å². The normalized spacial score (nSPS) is 13.4. The van der Waals surface area contributed by atoms with Crippen LogP contribution in [0.25, 0.3) is 5.65 Å². The van der Waals surface area contributed by atoms with Gasteiger partial charge in [-0.2, -0.15) is 0 Å². The van der Waals surface area contributed by atoms with E-state index in [0.717, 1.165) is 0 Å². The van der Waals surface area contributed by atoms with E-state index in [1.807, 2.05) is 0 Å². The van der Waals surface area contributed by atoms with E-state index in [4.69, 9.17) is 9.47 Å². The highest BCUT2D eigenvalue weighted by atomic mass is 32.2. The molecule has 0 amide bonds. The first-order valence-electron chi connectivity index (χ1n) is 6.77. The first kappa shape index (κ1) is 13.8. The van der Waals surface area contributed by atoms with Gasteiger partial charge >= 0.3 is 0 Å². The third-order valence-corrected chi connectivity index (χ3v) is 4.85. The van der Waals surface area contributed by atoms with E-state index < -0.39 is 10.0 Å².